The first-order valence-corrected chi connectivity index (χ1v) is 7.71. The van der Waals surface area contributed by atoms with E-state index in [4.69, 9.17) is 20.4 Å². The molecular formula is C15H20AlNa3O16. The zero-order valence-corrected chi connectivity index (χ0v) is 27.1. The van der Waals surface area contributed by atoms with E-state index >= 15 is 0 Å². The second-order valence-corrected chi connectivity index (χ2v) is 5.40. The van der Waals surface area contributed by atoms with E-state index < -0.39 is 72.6 Å². The van der Waals surface area contributed by atoms with E-state index in [2.05, 4.69) is 0 Å². The maximum absolute atomic E-state index is 10.1. The van der Waals surface area contributed by atoms with Crippen molar-refractivity contribution in [3.05, 3.63) is 0 Å². The third-order valence-corrected chi connectivity index (χ3v) is 2.28. The zero-order valence-electron chi connectivity index (χ0n) is 19.9. The summed E-state index contributed by atoms with van der Waals surface area (Å²) in [5, 5.41) is 90.8. The van der Waals surface area contributed by atoms with Crippen LogP contribution in [0.3, 0.4) is 0 Å². The predicted molar refractivity (Wildman–Crippen MR) is 85.0 cm³/mol. The van der Waals surface area contributed by atoms with Crippen LogP contribution in [0.25, 0.3) is 0 Å². The van der Waals surface area contributed by atoms with E-state index in [0.717, 1.165) is 20.8 Å². The smallest absolute Gasteiger partial charge is 0.550 e. The molecule has 3 unspecified atom stereocenters. The van der Waals surface area contributed by atoms with Crippen LogP contribution in [0.4, 0.5) is 0 Å². The van der Waals surface area contributed by atoms with Crippen LogP contribution in [0.15, 0.2) is 0 Å². The SMILES string of the molecule is CC(O)C(=O)[O-].CC(O)C(=O)[O-].CC(O)C(=O)[O-].O=C([O-])CC(O)(CC(=O)[O-])C(=O)[O-].[Al+3].[Na+].[Na+].[Na+]. The molecule has 0 aromatic rings. The minimum atomic E-state index is -2.97. The fraction of sp³-hybridized carbons (Fsp3) is 0.600. The molecule has 182 valence electrons. The van der Waals surface area contributed by atoms with E-state index in [1.54, 1.807) is 0 Å². The second-order valence-electron chi connectivity index (χ2n) is 5.40. The van der Waals surface area contributed by atoms with E-state index in [-0.39, 0.29) is 106 Å². The van der Waals surface area contributed by atoms with Crippen LogP contribution in [0, 0.1) is 0 Å². The summed E-state index contributed by atoms with van der Waals surface area (Å²) < 4.78 is 0. The molecular weight excluding hydrogens is 532 g/mol. The van der Waals surface area contributed by atoms with Gasteiger partial charge in [0.2, 0.25) is 0 Å². The number of hydrogen-bond acceptors (Lipinski definition) is 16. The molecule has 0 radical (unpaired) electrons. The molecule has 0 aromatic carbocycles. The molecule has 0 aliphatic rings. The van der Waals surface area contributed by atoms with Gasteiger partial charge in [-0.25, -0.2) is 0 Å². The van der Waals surface area contributed by atoms with E-state index in [1.165, 1.54) is 0 Å². The number of carbonyl (C=O) groups is 6. The Balaban J connectivity index is -0.0000000478. The van der Waals surface area contributed by atoms with E-state index in [0.29, 0.717) is 0 Å². The first kappa shape index (κ1) is 55.6. The zero-order chi connectivity index (χ0) is 26.1. The molecule has 0 bridgehead atoms. The number of aliphatic hydroxyl groups excluding tert-OH is 3. The molecule has 0 spiro atoms. The molecule has 3 atom stereocenters. The molecule has 35 heavy (non-hydrogen) atoms. The molecule has 0 aliphatic carbocycles. The van der Waals surface area contributed by atoms with Crippen LogP contribution in [-0.4, -0.2) is 97.5 Å². The van der Waals surface area contributed by atoms with Gasteiger partial charge in [0.1, 0.15) is 5.60 Å². The summed E-state index contributed by atoms with van der Waals surface area (Å²) in [6, 6.07) is 0. The van der Waals surface area contributed by atoms with Gasteiger partial charge in [-0.3, -0.25) is 0 Å². The van der Waals surface area contributed by atoms with Gasteiger partial charge >= 0.3 is 106 Å². The number of aliphatic hydroxyl groups is 4. The van der Waals surface area contributed by atoms with Gasteiger partial charge in [0, 0.05) is 24.8 Å². The van der Waals surface area contributed by atoms with Gasteiger partial charge in [0.05, 0.1) is 42.2 Å². The van der Waals surface area contributed by atoms with Gasteiger partial charge in [0.15, 0.2) is 0 Å². The average Bonchev–Trinajstić information content (AvgIpc) is 2.54. The Morgan fingerprint density at radius 3 is 0.800 bits per heavy atom. The Morgan fingerprint density at radius 2 is 0.743 bits per heavy atom. The maximum Gasteiger partial charge on any atom is 3.00 e. The molecule has 20 heteroatoms. The maximum atomic E-state index is 10.1. The van der Waals surface area contributed by atoms with Gasteiger partial charge in [0.25, 0.3) is 0 Å². The Bertz CT molecular complexity index is 569. The molecule has 0 fully saturated rings. The van der Waals surface area contributed by atoms with Crippen molar-refractivity contribution in [1.82, 2.24) is 0 Å². The summed E-state index contributed by atoms with van der Waals surface area (Å²) in [4.78, 5) is 58.0. The molecule has 0 rings (SSSR count). The van der Waals surface area contributed by atoms with Crippen molar-refractivity contribution >= 4 is 53.2 Å². The second kappa shape index (κ2) is 30.4. The van der Waals surface area contributed by atoms with Gasteiger partial charge in [-0.2, -0.15) is 0 Å². The van der Waals surface area contributed by atoms with Crippen molar-refractivity contribution in [2.75, 3.05) is 0 Å². The Labute approximate surface area is 276 Å². The number of aliphatic carboxylic acids is 6. The average molecular weight is 552 g/mol. The van der Waals surface area contributed by atoms with Crippen LogP contribution < -0.4 is 119 Å². The summed E-state index contributed by atoms with van der Waals surface area (Å²) >= 11 is 0. The van der Waals surface area contributed by atoms with Crippen molar-refractivity contribution in [2.45, 2.75) is 57.5 Å². The van der Waals surface area contributed by atoms with Gasteiger partial charge in [-0.05, 0) is 20.8 Å². The van der Waals surface area contributed by atoms with Crippen LogP contribution in [0.2, 0.25) is 0 Å². The summed E-state index contributed by atoms with van der Waals surface area (Å²) in [6.45, 7) is 3.40. The minimum absolute atomic E-state index is 0. The van der Waals surface area contributed by atoms with Crippen molar-refractivity contribution in [3.8, 4) is 0 Å². The molecule has 4 N–H and O–H groups in total. The Hall–Kier alpha value is 0.192. The number of hydrogen-bond donors (Lipinski definition) is 4. The number of carboxylic acids is 6. The fourth-order valence-corrected chi connectivity index (χ4v) is 0.684. The summed E-state index contributed by atoms with van der Waals surface area (Å²) in [5.74, 6) is -10.3. The van der Waals surface area contributed by atoms with Crippen molar-refractivity contribution in [1.29, 1.82) is 0 Å². The van der Waals surface area contributed by atoms with Gasteiger partial charge < -0.3 is 79.8 Å². The van der Waals surface area contributed by atoms with Crippen molar-refractivity contribution < 1.29 is 169 Å². The first-order valence-electron chi connectivity index (χ1n) is 7.71. The first-order chi connectivity index (χ1) is 13.7. The van der Waals surface area contributed by atoms with Crippen molar-refractivity contribution in [2.24, 2.45) is 0 Å². The number of rotatable bonds is 8. The number of carbonyl (C=O) groups excluding carboxylic acids is 6. The molecule has 0 saturated heterocycles. The standard InChI is InChI=1S/C6H8O7.3C3H6O3.Al.3Na/c7-3(8)1-6(13,5(11)12)2-4(9)10;3*1-2(4)3(5)6;;;;/h13H,1-2H2,(H,7,8)(H,9,10)(H,11,12);3*2,4H,1H3,(H,5,6);;;;/q;;;;+3;3*+1/p-6. The topological polar surface area (TPSA) is 322 Å². The normalized spacial score (nSPS) is 11.1. The third-order valence-electron chi connectivity index (χ3n) is 2.28. The molecule has 0 saturated carbocycles. The van der Waals surface area contributed by atoms with E-state index in [1.807, 2.05) is 0 Å². The van der Waals surface area contributed by atoms with Gasteiger partial charge in [-0.15, -0.1) is 0 Å². The van der Waals surface area contributed by atoms with Crippen LogP contribution in [0.5, 0.6) is 0 Å². The van der Waals surface area contributed by atoms with Crippen LogP contribution >= 0.6 is 0 Å². The molecule has 0 heterocycles. The predicted octanol–water partition coefficient (Wildman–Crippen LogP) is -20.3. The third kappa shape index (κ3) is 44.6. The fourth-order valence-electron chi connectivity index (χ4n) is 0.684. The van der Waals surface area contributed by atoms with Crippen LogP contribution in [-0.2, 0) is 28.8 Å². The number of carboxylic acid groups (broad SMARTS) is 6. The summed E-state index contributed by atoms with van der Waals surface area (Å²) in [5.41, 5.74) is -2.97. The summed E-state index contributed by atoms with van der Waals surface area (Å²) in [7, 11) is 0. The monoisotopic (exact) mass is 552 g/mol. The molecule has 0 aromatic heterocycles. The Morgan fingerprint density at radius 1 is 0.600 bits per heavy atom. The summed E-state index contributed by atoms with van der Waals surface area (Å²) in [6.07, 6.45) is -6.74. The van der Waals surface area contributed by atoms with Gasteiger partial charge in [-0.1, -0.05) is 0 Å². The quantitative estimate of drug-likeness (QED) is 0.203. The van der Waals surface area contributed by atoms with Crippen molar-refractivity contribution in [3.63, 3.8) is 0 Å². The minimum Gasteiger partial charge on any atom is -0.550 e. The molecule has 16 nitrogen and oxygen atoms in total. The Kier molecular flexibility index (Phi) is 48.4. The van der Waals surface area contributed by atoms with Crippen LogP contribution in [0.1, 0.15) is 33.6 Å². The molecule has 0 aliphatic heterocycles. The van der Waals surface area contributed by atoms with E-state index in [9.17, 15) is 59.4 Å². The molecule has 0 amide bonds. The largest absolute Gasteiger partial charge is 3.00 e.